The van der Waals surface area contributed by atoms with E-state index in [4.69, 9.17) is 10.5 Å². The van der Waals surface area contributed by atoms with Crippen LogP contribution in [0.3, 0.4) is 0 Å². The third-order valence-corrected chi connectivity index (χ3v) is 4.07. The zero-order valence-electron chi connectivity index (χ0n) is 9.78. The van der Waals surface area contributed by atoms with Gasteiger partial charge in [0, 0.05) is 23.3 Å². The van der Waals surface area contributed by atoms with E-state index in [2.05, 4.69) is 4.98 Å². The van der Waals surface area contributed by atoms with Crippen LogP contribution in [0.15, 0.2) is 18.2 Å². The number of hydrogen-bond acceptors (Lipinski definition) is 4. The van der Waals surface area contributed by atoms with Crippen molar-refractivity contribution < 1.29 is 9.13 Å². The highest BCUT2D eigenvalue weighted by Gasteiger charge is 2.22. The number of rotatable bonds is 2. The van der Waals surface area contributed by atoms with Crippen molar-refractivity contribution in [1.82, 2.24) is 4.98 Å². The fourth-order valence-corrected chi connectivity index (χ4v) is 3.18. The molecule has 0 unspecified atom stereocenters. The molecule has 2 heterocycles. The van der Waals surface area contributed by atoms with E-state index >= 15 is 0 Å². The minimum atomic E-state index is -0.325. The SMILES string of the molecule is NCCc1nc2c(s1)CCOc1c(F)cccc1-2. The van der Waals surface area contributed by atoms with E-state index in [0.29, 0.717) is 18.9 Å². The van der Waals surface area contributed by atoms with Crippen LogP contribution in [0.1, 0.15) is 9.88 Å². The summed E-state index contributed by atoms with van der Waals surface area (Å²) in [5, 5.41) is 1.01. The highest BCUT2D eigenvalue weighted by atomic mass is 32.1. The first-order valence-electron chi connectivity index (χ1n) is 5.90. The molecule has 3 nitrogen and oxygen atoms in total. The van der Waals surface area contributed by atoms with Crippen LogP contribution in [0, 0.1) is 5.82 Å². The minimum absolute atomic E-state index is 0.320. The monoisotopic (exact) mass is 264 g/mol. The van der Waals surface area contributed by atoms with Gasteiger partial charge in [-0.1, -0.05) is 6.07 Å². The molecule has 5 heteroatoms. The van der Waals surface area contributed by atoms with Crippen molar-refractivity contribution in [3.05, 3.63) is 33.9 Å². The van der Waals surface area contributed by atoms with Gasteiger partial charge in [-0.05, 0) is 18.7 Å². The van der Waals surface area contributed by atoms with Crippen LogP contribution in [0.4, 0.5) is 4.39 Å². The molecule has 0 saturated heterocycles. The molecule has 0 spiro atoms. The average Bonchev–Trinajstić information content (AvgIpc) is 2.67. The third-order valence-electron chi connectivity index (χ3n) is 2.90. The number of nitrogens with zero attached hydrogens (tertiary/aromatic N) is 1. The Morgan fingerprint density at radius 3 is 3.17 bits per heavy atom. The molecule has 18 heavy (non-hydrogen) atoms. The lowest BCUT2D eigenvalue weighted by molar-refractivity contribution is 0.310. The van der Waals surface area contributed by atoms with Crippen molar-refractivity contribution in [1.29, 1.82) is 0 Å². The quantitative estimate of drug-likeness (QED) is 0.906. The summed E-state index contributed by atoms with van der Waals surface area (Å²) in [4.78, 5) is 5.73. The zero-order valence-corrected chi connectivity index (χ0v) is 10.6. The Balaban J connectivity index is 2.14. The molecular weight excluding hydrogens is 251 g/mol. The lowest BCUT2D eigenvalue weighted by atomic mass is 10.1. The van der Waals surface area contributed by atoms with Crippen molar-refractivity contribution in [2.75, 3.05) is 13.2 Å². The summed E-state index contributed by atoms with van der Waals surface area (Å²) in [5.74, 6) is -0.00502. The molecule has 2 N–H and O–H groups in total. The number of nitrogens with two attached hydrogens (primary N) is 1. The van der Waals surface area contributed by atoms with E-state index in [1.54, 1.807) is 17.4 Å². The van der Waals surface area contributed by atoms with Crippen molar-refractivity contribution in [3.63, 3.8) is 0 Å². The maximum atomic E-state index is 13.7. The predicted molar refractivity (Wildman–Crippen MR) is 69.5 cm³/mol. The summed E-state index contributed by atoms with van der Waals surface area (Å²) in [6.07, 6.45) is 1.54. The Kier molecular flexibility index (Phi) is 3.01. The van der Waals surface area contributed by atoms with Crippen molar-refractivity contribution in [2.24, 2.45) is 5.73 Å². The summed E-state index contributed by atoms with van der Waals surface area (Å²) < 4.78 is 19.2. The highest BCUT2D eigenvalue weighted by molar-refractivity contribution is 7.12. The van der Waals surface area contributed by atoms with Crippen LogP contribution >= 0.6 is 11.3 Å². The van der Waals surface area contributed by atoms with E-state index in [-0.39, 0.29) is 5.82 Å². The van der Waals surface area contributed by atoms with Crippen LogP contribution in [0.25, 0.3) is 11.3 Å². The summed E-state index contributed by atoms with van der Waals surface area (Å²) in [7, 11) is 0. The Morgan fingerprint density at radius 2 is 2.33 bits per heavy atom. The molecular formula is C13H13FN2OS. The van der Waals surface area contributed by atoms with Crippen LogP contribution in [-0.2, 0) is 12.8 Å². The number of aromatic nitrogens is 1. The van der Waals surface area contributed by atoms with Gasteiger partial charge in [0.25, 0.3) is 0 Å². The first kappa shape index (κ1) is 11.6. The van der Waals surface area contributed by atoms with Gasteiger partial charge in [-0.3, -0.25) is 0 Å². The molecule has 1 aromatic heterocycles. The van der Waals surface area contributed by atoms with Crippen molar-refractivity contribution >= 4 is 11.3 Å². The molecule has 0 fully saturated rings. The van der Waals surface area contributed by atoms with Gasteiger partial charge in [-0.2, -0.15) is 0 Å². The molecule has 0 radical (unpaired) electrons. The van der Waals surface area contributed by atoms with Gasteiger partial charge in [0.2, 0.25) is 0 Å². The Hall–Kier alpha value is -1.46. The van der Waals surface area contributed by atoms with Gasteiger partial charge in [0.15, 0.2) is 11.6 Å². The number of thiazole rings is 1. The minimum Gasteiger partial charge on any atom is -0.489 e. The van der Waals surface area contributed by atoms with E-state index in [1.807, 2.05) is 6.07 Å². The second-order valence-corrected chi connectivity index (χ2v) is 5.30. The smallest absolute Gasteiger partial charge is 0.165 e. The van der Waals surface area contributed by atoms with E-state index in [1.165, 1.54) is 6.07 Å². The maximum Gasteiger partial charge on any atom is 0.165 e. The molecule has 0 amide bonds. The topological polar surface area (TPSA) is 48.1 Å². The lowest BCUT2D eigenvalue weighted by Crippen LogP contribution is -2.02. The van der Waals surface area contributed by atoms with E-state index in [0.717, 1.165) is 34.0 Å². The number of ether oxygens (including phenoxy) is 1. The molecule has 1 aliphatic heterocycles. The molecule has 2 aromatic rings. The molecule has 3 rings (SSSR count). The van der Waals surface area contributed by atoms with Crippen LogP contribution in [0.5, 0.6) is 5.75 Å². The molecule has 1 aromatic carbocycles. The van der Waals surface area contributed by atoms with Gasteiger partial charge < -0.3 is 10.5 Å². The predicted octanol–water partition coefficient (Wildman–Crippen LogP) is 2.39. The maximum absolute atomic E-state index is 13.7. The molecule has 0 atom stereocenters. The van der Waals surface area contributed by atoms with Crippen LogP contribution in [-0.4, -0.2) is 18.1 Å². The van der Waals surface area contributed by atoms with Gasteiger partial charge in [0.05, 0.1) is 17.3 Å². The second-order valence-electron chi connectivity index (χ2n) is 4.13. The fourth-order valence-electron chi connectivity index (χ4n) is 2.10. The fraction of sp³-hybridized carbons (Fsp3) is 0.308. The van der Waals surface area contributed by atoms with Gasteiger partial charge in [-0.25, -0.2) is 9.37 Å². The van der Waals surface area contributed by atoms with E-state index in [9.17, 15) is 4.39 Å². The lowest BCUT2D eigenvalue weighted by Gasteiger charge is -2.07. The molecule has 0 bridgehead atoms. The summed E-state index contributed by atoms with van der Waals surface area (Å²) in [6.45, 7) is 1.07. The normalized spacial score (nSPS) is 13.4. The summed E-state index contributed by atoms with van der Waals surface area (Å²) >= 11 is 1.65. The van der Waals surface area contributed by atoms with Crippen LogP contribution in [0.2, 0.25) is 0 Å². The number of para-hydroxylation sites is 1. The zero-order chi connectivity index (χ0) is 12.5. The van der Waals surface area contributed by atoms with Gasteiger partial charge in [-0.15, -0.1) is 11.3 Å². The molecule has 1 aliphatic rings. The van der Waals surface area contributed by atoms with Crippen molar-refractivity contribution in [3.8, 4) is 17.0 Å². The highest BCUT2D eigenvalue weighted by Crippen LogP contribution is 2.38. The molecule has 0 aliphatic carbocycles. The summed E-state index contributed by atoms with van der Waals surface area (Å²) in [5.41, 5.74) is 7.16. The van der Waals surface area contributed by atoms with E-state index < -0.39 is 0 Å². The summed E-state index contributed by atoms with van der Waals surface area (Å²) in [6, 6.07) is 4.96. The number of hydrogen-bond donors (Lipinski definition) is 1. The Morgan fingerprint density at radius 1 is 1.44 bits per heavy atom. The first-order valence-corrected chi connectivity index (χ1v) is 6.71. The first-order chi connectivity index (χ1) is 8.79. The largest absolute Gasteiger partial charge is 0.489 e. The third kappa shape index (κ3) is 1.89. The number of fused-ring (bicyclic) bond motifs is 3. The Bertz CT molecular complexity index is 582. The Labute approximate surface area is 108 Å². The second kappa shape index (κ2) is 4.66. The number of benzene rings is 1. The van der Waals surface area contributed by atoms with Gasteiger partial charge in [0.1, 0.15) is 0 Å². The standard InChI is InChI=1S/C13H13FN2OS/c14-9-3-1-2-8-12-10(5-7-17-13(8)9)18-11(16-12)4-6-15/h1-3H,4-7,15H2. The van der Waals surface area contributed by atoms with Crippen molar-refractivity contribution in [2.45, 2.75) is 12.8 Å². The van der Waals surface area contributed by atoms with Gasteiger partial charge >= 0.3 is 0 Å². The molecule has 0 saturated carbocycles. The molecule has 94 valence electrons. The average molecular weight is 264 g/mol. The number of halogens is 1. The van der Waals surface area contributed by atoms with Crippen LogP contribution < -0.4 is 10.5 Å².